The molecule has 0 saturated carbocycles. The molecule has 2 N–H and O–H groups in total. The van der Waals surface area contributed by atoms with Gasteiger partial charge in [-0.25, -0.2) is 13.4 Å². The van der Waals surface area contributed by atoms with Crippen molar-refractivity contribution in [3.8, 4) is 0 Å². The standard InChI is InChI=1S/C12H15N3O2S/c13-9-4-5-12-14-10(8-15(12)7-9)11-3-1-2-6-18(11,16)17/h4-5,7-8,11H,1-3,6,13H2. The van der Waals surface area contributed by atoms with Gasteiger partial charge in [0.05, 0.1) is 11.4 Å². The van der Waals surface area contributed by atoms with Crippen LogP contribution in [0.4, 0.5) is 5.69 Å². The molecule has 2 aromatic heterocycles. The third kappa shape index (κ3) is 1.86. The summed E-state index contributed by atoms with van der Waals surface area (Å²) in [5, 5.41) is -0.452. The average Bonchev–Trinajstić information content (AvgIpc) is 2.70. The van der Waals surface area contributed by atoms with Gasteiger partial charge >= 0.3 is 0 Å². The van der Waals surface area contributed by atoms with E-state index in [2.05, 4.69) is 4.98 Å². The fraction of sp³-hybridized carbons (Fsp3) is 0.417. The highest BCUT2D eigenvalue weighted by Crippen LogP contribution is 2.32. The van der Waals surface area contributed by atoms with Crippen molar-refractivity contribution in [1.82, 2.24) is 9.38 Å². The zero-order valence-corrected chi connectivity index (χ0v) is 10.7. The van der Waals surface area contributed by atoms with Crippen molar-refractivity contribution in [2.24, 2.45) is 0 Å². The quantitative estimate of drug-likeness (QED) is 0.848. The summed E-state index contributed by atoms with van der Waals surface area (Å²) >= 11 is 0. The zero-order valence-electron chi connectivity index (χ0n) is 9.91. The van der Waals surface area contributed by atoms with Gasteiger partial charge in [0.2, 0.25) is 0 Å². The Morgan fingerprint density at radius 3 is 2.89 bits per heavy atom. The van der Waals surface area contributed by atoms with E-state index in [1.54, 1.807) is 28.9 Å². The average molecular weight is 265 g/mol. The molecule has 0 amide bonds. The highest BCUT2D eigenvalue weighted by molar-refractivity contribution is 7.91. The van der Waals surface area contributed by atoms with Gasteiger partial charge in [0.15, 0.2) is 9.84 Å². The number of rotatable bonds is 1. The first kappa shape index (κ1) is 11.5. The lowest BCUT2D eigenvalue weighted by Crippen LogP contribution is -2.21. The van der Waals surface area contributed by atoms with Gasteiger partial charge in [0.25, 0.3) is 0 Å². The maximum atomic E-state index is 12.1. The van der Waals surface area contributed by atoms with Gasteiger partial charge in [0, 0.05) is 18.1 Å². The number of imidazole rings is 1. The minimum Gasteiger partial charge on any atom is -0.398 e. The summed E-state index contributed by atoms with van der Waals surface area (Å²) in [7, 11) is -3.04. The molecule has 0 aromatic carbocycles. The SMILES string of the molecule is Nc1ccc2nc(C3CCCCS3(=O)=O)cn2c1. The van der Waals surface area contributed by atoms with Crippen molar-refractivity contribution in [3.05, 3.63) is 30.2 Å². The van der Waals surface area contributed by atoms with E-state index in [9.17, 15) is 8.42 Å². The van der Waals surface area contributed by atoms with Crippen molar-refractivity contribution in [1.29, 1.82) is 0 Å². The summed E-state index contributed by atoms with van der Waals surface area (Å²) < 4.78 is 25.9. The summed E-state index contributed by atoms with van der Waals surface area (Å²) in [4.78, 5) is 4.40. The van der Waals surface area contributed by atoms with Gasteiger partial charge in [-0.15, -0.1) is 0 Å². The second-order valence-corrected chi connectivity index (χ2v) is 7.05. The molecule has 3 heterocycles. The molecule has 0 bridgehead atoms. The van der Waals surface area contributed by atoms with Crippen molar-refractivity contribution in [2.75, 3.05) is 11.5 Å². The fourth-order valence-corrected chi connectivity index (χ4v) is 4.37. The first-order valence-corrected chi connectivity index (χ1v) is 7.73. The molecule has 2 aromatic rings. The molecular weight excluding hydrogens is 250 g/mol. The topological polar surface area (TPSA) is 77.5 Å². The molecule has 1 unspecified atom stereocenters. The van der Waals surface area contributed by atoms with Crippen LogP contribution in [0.2, 0.25) is 0 Å². The number of pyridine rings is 1. The van der Waals surface area contributed by atoms with Crippen molar-refractivity contribution >= 4 is 21.2 Å². The number of hydrogen-bond donors (Lipinski definition) is 1. The van der Waals surface area contributed by atoms with E-state index in [1.165, 1.54) is 0 Å². The maximum Gasteiger partial charge on any atom is 0.158 e. The number of anilines is 1. The molecule has 6 heteroatoms. The second kappa shape index (κ2) is 3.98. The number of nitrogen functional groups attached to an aromatic ring is 1. The van der Waals surface area contributed by atoms with E-state index in [0.717, 1.165) is 18.5 Å². The Balaban J connectivity index is 2.08. The first-order valence-electron chi connectivity index (χ1n) is 6.02. The number of nitrogens with zero attached hydrogens (tertiary/aromatic N) is 2. The molecule has 1 aliphatic heterocycles. The van der Waals surface area contributed by atoms with Crippen molar-refractivity contribution in [3.63, 3.8) is 0 Å². The van der Waals surface area contributed by atoms with Gasteiger partial charge in [0.1, 0.15) is 10.9 Å². The summed E-state index contributed by atoms with van der Waals surface area (Å²) in [6.07, 6.45) is 5.90. The summed E-state index contributed by atoms with van der Waals surface area (Å²) in [5.74, 6) is 0.272. The van der Waals surface area contributed by atoms with Crippen LogP contribution >= 0.6 is 0 Å². The lowest BCUT2D eigenvalue weighted by atomic mass is 10.1. The minimum absolute atomic E-state index is 0.272. The van der Waals surface area contributed by atoms with Crippen LogP contribution in [0.1, 0.15) is 30.2 Å². The highest BCUT2D eigenvalue weighted by Gasteiger charge is 2.32. The Morgan fingerprint density at radius 1 is 1.28 bits per heavy atom. The van der Waals surface area contributed by atoms with Crippen LogP contribution in [0, 0.1) is 0 Å². The van der Waals surface area contributed by atoms with Gasteiger partial charge in [-0.05, 0) is 25.0 Å². The molecule has 0 aliphatic carbocycles. The van der Waals surface area contributed by atoms with Crippen LogP contribution in [-0.4, -0.2) is 23.6 Å². The predicted octanol–water partition coefficient (Wildman–Crippen LogP) is 1.56. The lowest BCUT2D eigenvalue weighted by Gasteiger charge is -2.20. The largest absolute Gasteiger partial charge is 0.398 e. The van der Waals surface area contributed by atoms with Gasteiger partial charge in [-0.2, -0.15) is 0 Å². The van der Waals surface area contributed by atoms with Crippen LogP contribution < -0.4 is 5.73 Å². The lowest BCUT2D eigenvalue weighted by molar-refractivity contribution is 0.543. The van der Waals surface area contributed by atoms with Crippen LogP contribution in [0.3, 0.4) is 0 Å². The molecule has 1 atom stereocenters. The second-order valence-electron chi connectivity index (χ2n) is 4.75. The molecule has 1 fully saturated rings. The monoisotopic (exact) mass is 265 g/mol. The fourth-order valence-electron chi connectivity index (χ4n) is 2.47. The first-order chi connectivity index (χ1) is 8.56. The molecule has 3 rings (SSSR count). The summed E-state index contributed by atoms with van der Waals surface area (Å²) in [6, 6.07) is 3.57. The Kier molecular flexibility index (Phi) is 2.55. The van der Waals surface area contributed by atoms with E-state index in [4.69, 9.17) is 5.73 Å². The van der Waals surface area contributed by atoms with Crippen LogP contribution in [0.5, 0.6) is 0 Å². The maximum absolute atomic E-state index is 12.1. The normalized spacial score (nSPS) is 23.2. The molecule has 18 heavy (non-hydrogen) atoms. The van der Waals surface area contributed by atoms with Crippen LogP contribution in [0.25, 0.3) is 5.65 Å². The third-order valence-electron chi connectivity index (χ3n) is 3.40. The van der Waals surface area contributed by atoms with Gasteiger partial charge in [-0.1, -0.05) is 6.42 Å². The third-order valence-corrected chi connectivity index (χ3v) is 5.60. The Morgan fingerprint density at radius 2 is 2.11 bits per heavy atom. The molecule has 1 aliphatic rings. The number of fused-ring (bicyclic) bond motifs is 1. The van der Waals surface area contributed by atoms with Crippen molar-refractivity contribution in [2.45, 2.75) is 24.5 Å². The Hall–Kier alpha value is -1.56. The van der Waals surface area contributed by atoms with E-state index < -0.39 is 15.1 Å². The molecule has 0 radical (unpaired) electrons. The zero-order chi connectivity index (χ0) is 12.8. The summed E-state index contributed by atoms with van der Waals surface area (Å²) in [6.45, 7) is 0. The molecule has 1 saturated heterocycles. The Labute approximate surface area is 106 Å². The van der Waals surface area contributed by atoms with E-state index in [1.807, 2.05) is 0 Å². The van der Waals surface area contributed by atoms with Crippen molar-refractivity contribution < 1.29 is 8.42 Å². The summed E-state index contributed by atoms with van der Waals surface area (Å²) in [5.41, 5.74) is 7.71. The molecule has 0 spiro atoms. The van der Waals surface area contributed by atoms with E-state index in [0.29, 0.717) is 17.8 Å². The molecule has 5 nitrogen and oxygen atoms in total. The number of hydrogen-bond acceptors (Lipinski definition) is 4. The number of sulfone groups is 1. The van der Waals surface area contributed by atoms with Gasteiger partial charge < -0.3 is 10.1 Å². The van der Waals surface area contributed by atoms with E-state index >= 15 is 0 Å². The van der Waals surface area contributed by atoms with Crippen LogP contribution in [-0.2, 0) is 9.84 Å². The number of aromatic nitrogens is 2. The molecular formula is C12H15N3O2S. The smallest absolute Gasteiger partial charge is 0.158 e. The van der Waals surface area contributed by atoms with Crippen LogP contribution in [0.15, 0.2) is 24.5 Å². The Bertz CT molecular complexity index is 690. The predicted molar refractivity (Wildman–Crippen MR) is 70.0 cm³/mol. The highest BCUT2D eigenvalue weighted by atomic mass is 32.2. The minimum atomic E-state index is -3.04. The number of nitrogens with two attached hydrogens (primary N) is 1. The molecule has 96 valence electrons. The van der Waals surface area contributed by atoms with E-state index in [-0.39, 0.29) is 5.75 Å². The van der Waals surface area contributed by atoms with Gasteiger partial charge in [-0.3, -0.25) is 0 Å².